The van der Waals surface area contributed by atoms with E-state index in [1.807, 2.05) is 12.1 Å². The molecule has 0 saturated carbocycles. The van der Waals surface area contributed by atoms with Crippen LogP contribution in [0.3, 0.4) is 0 Å². The zero-order valence-electron chi connectivity index (χ0n) is 62.9. The number of rotatable bonds is 53. The molecular weight excluding hydrogens is 1240 g/mol. The standard InChI is InChI=1S/C93H128N4O4/c1-4-7-10-13-16-19-22-25-28-31-34-37-40-43-70-99-79-56-50-76(51-57-79)91-84-64-62-82(94-84)90(75-48-46-74(73-98)47-49-75)83-63-65-85(95-83)92(77-52-58-80(59-53-77)100-71-44-41-38-35-32-29-26-23-20-17-14-11-8-5-2)87-67-69-89(97-87)93(88-68-66-86(91)96-88)78-54-60-81(61-55-78)101-72-45-42-39-36-33-30-27-24-21-18-15-12-9-6-3/h46-69,94,97-98H,4-45,70-73H2,1-3H3. The summed E-state index contributed by atoms with van der Waals surface area (Å²) in [5.74, 6) is 2.63. The zero-order chi connectivity index (χ0) is 70.0. The Morgan fingerprint density at radius 1 is 0.248 bits per heavy atom. The molecule has 0 atom stereocenters. The summed E-state index contributed by atoms with van der Waals surface area (Å²) in [5, 5.41) is 10.2. The van der Waals surface area contributed by atoms with Gasteiger partial charge in [-0.05, 0) is 132 Å². The van der Waals surface area contributed by atoms with Crippen LogP contribution in [0.5, 0.6) is 17.2 Å². The van der Waals surface area contributed by atoms with Crippen LogP contribution in [0.1, 0.15) is 319 Å². The van der Waals surface area contributed by atoms with E-state index in [0.717, 1.165) is 131 Å². The number of fused-ring (bicyclic) bond motifs is 8. The fourth-order valence-electron chi connectivity index (χ4n) is 14.8. The minimum absolute atomic E-state index is 0.0322. The van der Waals surface area contributed by atoms with Crippen LogP contribution in [-0.4, -0.2) is 44.9 Å². The molecule has 0 spiro atoms. The maximum absolute atomic E-state index is 10.2. The Balaban J connectivity index is 0.959. The number of nitrogens with one attached hydrogen (secondary N) is 2. The topological polar surface area (TPSA) is 105 Å². The molecule has 0 amide bonds. The van der Waals surface area contributed by atoms with Crippen molar-refractivity contribution in [2.45, 2.75) is 297 Å². The van der Waals surface area contributed by atoms with E-state index in [1.165, 1.54) is 250 Å². The number of H-pyrrole nitrogens is 2. The maximum atomic E-state index is 10.2. The third kappa shape index (κ3) is 26.6. The molecule has 0 unspecified atom stereocenters. The van der Waals surface area contributed by atoms with E-state index < -0.39 is 0 Å². The molecule has 5 heterocycles. The summed E-state index contributed by atoms with van der Waals surface area (Å²) in [7, 11) is 0. The Bertz CT molecular complexity index is 3570. The van der Waals surface area contributed by atoms with Crippen molar-refractivity contribution in [1.29, 1.82) is 0 Å². The van der Waals surface area contributed by atoms with Crippen LogP contribution in [-0.2, 0) is 6.61 Å². The van der Waals surface area contributed by atoms with Crippen molar-refractivity contribution in [2.75, 3.05) is 19.8 Å². The van der Waals surface area contributed by atoms with Crippen molar-refractivity contribution in [3.8, 4) is 61.8 Å². The molecule has 0 fully saturated rings. The van der Waals surface area contributed by atoms with Crippen molar-refractivity contribution in [2.24, 2.45) is 0 Å². The average molecular weight is 1370 g/mol. The van der Waals surface area contributed by atoms with E-state index in [2.05, 4.69) is 164 Å². The first-order chi connectivity index (χ1) is 50.0. The van der Waals surface area contributed by atoms with Gasteiger partial charge in [0.2, 0.25) is 0 Å². The maximum Gasteiger partial charge on any atom is 0.119 e. The molecule has 3 aromatic heterocycles. The highest BCUT2D eigenvalue weighted by atomic mass is 16.5. The molecule has 8 bridgehead atoms. The van der Waals surface area contributed by atoms with E-state index >= 15 is 0 Å². The first-order valence-corrected chi connectivity index (χ1v) is 41.1. The summed E-state index contributed by atoms with van der Waals surface area (Å²) in [4.78, 5) is 19.1. The molecule has 8 nitrogen and oxygen atoms in total. The largest absolute Gasteiger partial charge is 0.494 e. The number of ether oxygens (including phenoxy) is 3. The van der Waals surface area contributed by atoms with Crippen molar-refractivity contribution >= 4 is 46.4 Å². The second-order valence-electron chi connectivity index (χ2n) is 29.3. The van der Waals surface area contributed by atoms with Gasteiger partial charge in [-0.2, -0.15) is 0 Å². The van der Waals surface area contributed by atoms with Gasteiger partial charge in [0, 0.05) is 44.3 Å². The number of nitrogens with zero attached hydrogens (tertiary/aromatic N) is 2. The zero-order valence-corrected chi connectivity index (χ0v) is 62.9. The second kappa shape index (κ2) is 46.4. The fourth-order valence-corrected chi connectivity index (χ4v) is 14.8. The van der Waals surface area contributed by atoms with Crippen LogP contribution in [0.4, 0.5) is 0 Å². The molecule has 4 aromatic carbocycles. The van der Waals surface area contributed by atoms with Gasteiger partial charge >= 0.3 is 0 Å². The van der Waals surface area contributed by atoms with Crippen molar-refractivity contribution in [3.63, 3.8) is 0 Å². The van der Waals surface area contributed by atoms with Crippen molar-refractivity contribution in [3.05, 3.63) is 150 Å². The minimum Gasteiger partial charge on any atom is -0.494 e. The van der Waals surface area contributed by atoms with E-state index in [9.17, 15) is 5.11 Å². The van der Waals surface area contributed by atoms with E-state index in [1.54, 1.807) is 0 Å². The van der Waals surface area contributed by atoms with Crippen LogP contribution < -0.4 is 14.2 Å². The van der Waals surface area contributed by atoms with Crippen LogP contribution in [0.15, 0.2) is 121 Å². The predicted octanol–water partition coefficient (Wildman–Crippen LogP) is 28.4. The molecule has 0 saturated heterocycles. The molecule has 101 heavy (non-hydrogen) atoms. The minimum atomic E-state index is -0.0322. The lowest BCUT2D eigenvalue weighted by Crippen LogP contribution is -1.97. The molecule has 0 aliphatic carbocycles. The van der Waals surface area contributed by atoms with Gasteiger partial charge in [0.25, 0.3) is 0 Å². The van der Waals surface area contributed by atoms with E-state index in [4.69, 9.17) is 24.2 Å². The molecule has 2 aliphatic heterocycles. The van der Waals surface area contributed by atoms with Crippen LogP contribution in [0.2, 0.25) is 0 Å². The molecule has 3 N–H and O–H groups in total. The van der Waals surface area contributed by atoms with Gasteiger partial charge in [0.05, 0.1) is 49.2 Å². The van der Waals surface area contributed by atoms with Gasteiger partial charge in [-0.3, -0.25) is 0 Å². The lowest BCUT2D eigenvalue weighted by molar-refractivity contribution is 0.282. The van der Waals surface area contributed by atoms with Gasteiger partial charge in [-0.25, -0.2) is 9.97 Å². The number of unbranched alkanes of at least 4 members (excludes halogenated alkanes) is 39. The molecule has 9 rings (SSSR count). The highest BCUT2D eigenvalue weighted by Gasteiger charge is 2.20. The predicted molar refractivity (Wildman–Crippen MR) is 434 cm³/mol. The molecular formula is C93H128N4O4. The van der Waals surface area contributed by atoms with Crippen molar-refractivity contribution < 1.29 is 19.3 Å². The van der Waals surface area contributed by atoms with Gasteiger partial charge < -0.3 is 29.3 Å². The molecule has 544 valence electrons. The summed E-state index contributed by atoms with van der Waals surface area (Å²) in [6.45, 7) is 8.99. The van der Waals surface area contributed by atoms with Crippen LogP contribution >= 0.6 is 0 Å². The highest BCUT2D eigenvalue weighted by molar-refractivity contribution is 6.00. The van der Waals surface area contributed by atoms with Crippen LogP contribution in [0.25, 0.3) is 90.9 Å². The third-order valence-electron chi connectivity index (χ3n) is 20.9. The lowest BCUT2D eigenvalue weighted by atomic mass is 10.0. The summed E-state index contributed by atoms with van der Waals surface area (Å²) in [6.07, 6.45) is 64.8. The van der Waals surface area contributed by atoms with Crippen LogP contribution in [0, 0.1) is 0 Å². The second-order valence-corrected chi connectivity index (χ2v) is 29.3. The Hall–Kier alpha value is -7.16. The van der Waals surface area contributed by atoms with Gasteiger partial charge in [0.15, 0.2) is 0 Å². The highest BCUT2D eigenvalue weighted by Crippen LogP contribution is 2.40. The van der Waals surface area contributed by atoms with Crippen molar-refractivity contribution in [1.82, 2.24) is 19.9 Å². The molecule has 7 aromatic rings. The third-order valence-corrected chi connectivity index (χ3v) is 20.9. The summed E-state index contributed by atoms with van der Waals surface area (Å²) < 4.78 is 19.3. The molecule has 0 radical (unpaired) electrons. The number of aromatic amines is 2. The number of hydrogen-bond acceptors (Lipinski definition) is 6. The number of benzene rings is 4. The number of aromatic nitrogens is 4. The lowest BCUT2D eigenvalue weighted by Gasteiger charge is -2.10. The quantitative estimate of drug-likeness (QED) is 0.0328. The molecule has 2 aliphatic rings. The first kappa shape index (κ1) is 78.0. The normalized spacial score (nSPS) is 11.9. The Kier molecular flexibility index (Phi) is 35.9. The fraction of sp³-hybridized carbons (Fsp3) is 0.527. The summed E-state index contributed by atoms with van der Waals surface area (Å²) >= 11 is 0. The smallest absolute Gasteiger partial charge is 0.119 e. The Morgan fingerprint density at radius 3 is 0.653 bits per heavy atom. The SMILES string of the molecule is CCCCCCCCCCCCCCCCOc1ccc(-c2c3nc(c(-c4ccc(OCCCCCCCCCCCCCCCC)cc4)c4ccc([nH]4)c(-c4ccc(OCCCCCCCCCCCCCCCC)cc4)c4nc(c(-c5ccc(CO)cc5)c5ccc2[nH]5)C=C4)C=C3)cc1. The monoisotopic (exact) mass is 1360 g/mol. The molecule has 8 heteroatoms. The number of hydrogen-bond donors (Lipinski definition) is 3. The number of aliphatic hydroxyl groups is 1. The van der Waals surface area contributed by atoms with E-state index in [-0.39, 0.29) is 6.61 Å². The van der Waals surface area contributed by atoms with E-state index in [0.29, 0.717) is 19.8 Å². The summed E-state index contributed by atoms with van der Waals surface area (Å²) in [5.41, 5.74) is 16.0. The first-order valence-electron chi connectivity index (χ1n) is 41.1. The van der Waals surface area contributed by atoms with Gasteiger partial charge in [-0.1, -0.05) is 332 Å². The van der Waals surface area contributed by atoms with Gasteiger partial charge in [0.1, 0.15) is 17.2 Å². The Labute approximate surface area is 610 Å². The van der Waals surface area contributed by atoms with Gasteiger partial charge in [-0.15, -0.1) is 0 Å². The average Bonchev–Trinajstić information content (AvgIpc) is 1.62. The number of aliphatic hydroxyl groups excluding tert-OH is 1. The summed E-state index contributed by atoms with van der Waals surface area (Å²) in [6, 6.07) is 42.8. The Morgan fingerprint density at radius 2 is 0.446 bits per heavy atom.